The Morgan fingerprint density at radius 1 is 0.962 bits per heavy atom. The highest BCUT2D eigenvalue weighted by Crippen LogP contribution is 2.37. The fourth-order valence-electron chi connectivity index (χ4n) is 2.75. The number of aliphatic hydroxyl groups is 4. The number of nitrogens with one attached hydrogen (secondary N) is 1. The van der Waals surface area contributed by atoms with Crippen LogP contribution in [0.2, 0.25) is 0 Å². The molecule has 0 spiro atoms. The highest BCUT2D eigenvalue weighted by Gasteiger charge is 2.44. The first kappa shape index (κ1) is 19.0. The van der Waals surface area contributed by atoms with Gasteiger partial charge in [-0.1, -0.05) is 29.8 Å². The van der Waals surface area contributed by atoms with Crippen LogP contribution in [0.25, 0.3) is 0 Å². The summed E-state index contributed by atoms with van der Waals surface area (Å²) in [5.41, 5.74) is 1.95. The number of ether oxygens (including phenoxy) is 1. The summed E-state index contributed by atoms with van der Waals surface area (Å²) in [4.78, 5) is 0. The first-order valence-electron chi connectivity index (χ1n) is 8.39. The summed E-state index contributed by atoms with van der Waals surface area (Å²) in [5, 5.41) is 42.2. The summed E-state index contributed by atoms with van der Waals surface area (Å²) >= 11 is 1.10. The number of hydrogen-bond donors (Lipinski definition) is 5. The van der Waals surface area contributed by atoms with Crippen LogP contribution in [0.3, 0.4) is 0 Å². The first-order chi connectivity index (χ1) is 12.5. The lowest BCUT2D eigenvalue weighted by Gasteiger charge is -2.39. The molecule has 7 heteroatoms. The molecular weight excluding hydrogens is 354 g/mol. The third kappa shape index (κ3) is 4.13. The first-order valence-corrected chi connectivity index (χ1v) is 9.34. The Morgan fingerprint density at radius 2 is 1.65 bits per heavy atom. The molecule has 0 unspecified atom stereocenters. The number of aliphatic hydroxyl groups excluding tert-OH is 4. The lowest BCUT2D eigenvalue weighted by atomic mass is 10.0. The summed E-state index contributed by atoms with van der Waals surface area (Å²) in [6.07, 6.45) is -3.86. The van der Waals surface area contributed by atoms with E-state index in [2.05, 4.69) is 5.32 Å². The zero-order valence-corrected chi connectivity index (χ0v) is 15.1. The topological polar surface area (TPSA) is 102 Å². The van der Waals surface area contributed by atoms with Crippen LogP contribution in [0, 0.1) is 6.92 Å². The minimum Gasteiger partial charge on any atom is -0.475 e. The zero-order chi connectivity index (χ0) is 18.7. The van der Waals surface area contributed by atoms with Gasteiger partial charge in [-0.15, -0.1) is 11.8 Å². The van der Waals surface area contributed by atoms with Gasteiger partial charge in [0.15, 0.2) is 5.44 Å². The molecule has 0 aliphatic carbocycles. The summed E-state index contributed by atoms with van der Waals surface area (Å²) in [7, 11) is 0. The van der Waals surface area contributed by atoms with Gasteiger partial charge < -0.3 is 30.5 Å². The maximum absolute atomic E-state index is 10.2. The van der Waals surface area contributed by atoms with Crippen LogP contribution in [0.15, 0.2) is 48.5 Å². The van der Waals surface area contributed by atoms with Gasteiger partial charge >= 0.3 is 0 Å². The van der Waals surface area contributed by atoms with Gasteiger partial charge in [-0.3, -0.25) is 0 Å². The standard InChI is InChI=1S/C19H23NO5S/c1-11-6-8-12(9-7-11)20-13-4-2-3-5-14(13)25-19-18(24)17(23)16(22)15(10-21)26-19/h2-9,15-24H,10H2,1H3/t15-,16+,17-,18+,19-/m0/s1. The Hall–Kier alpha value is -1.77. The van der Waals surface area contributed by atoms with Crippen molar-refractivity contribution in [1.29, 1.82) is 0 Å². The molecule has 3 rings (SSSR count). The average Bonchev–Trinajstić information content (AvgIpc) is 2.65. The van der Waals surface area contributed by atoms with Crippen LogP contribution >= 0.6 is 11.8 Å². The van der Waals surface area contributed by atoms with Crippen molar-refractivity contribution in [2.45, 2.75) is 35.9 Å². The third-order valence-corrected chi connectivity index (χ3v) is 5.73. The van der Waals surface area contributed by atoms with Gasteiger partial charge in [-0.2, -0.15) is 0 Å². The van der Waals surface area contributed by atoms with Crippen LogP contribution < -0.4 is 10.1 Å². The lowest BCUT2D eigenvalue weighted by Crippen LogP contribution is -2.55. The predicted molar refractivity (Wildman–Crippen MR) is 102 cm³/mol. The van der Waals surface area contributed by atoms with E-state index in [0.29, 0.717) is 11.4 Å². The van der Waals surface area contributed by atoms with Crippen molar-refractivity contribution in [1.82, 2.24) is 0 Å². The van der Waals surface area contributed by atoms with Gasteiger partial charge in [0.2, 0.25) is 0 Å². The normalized spacial score (nSPS) is 28.6. The maximum atomic E-state index is 10.2. The molecule has 0 saturated carbocycles. The number of aryl methyl sites for hydroxylation is 1. The zero-order valence-electron chi connectivity index (χ0n) is 14.3. The molecule has 1 heterocycles. The van der Waals surface area contributed by atoms with Crippen molar-refractivity contribution in [3.63, 3.8) is 0 Å². The van der Waals surface area contributed by atoms with Crippen LogP contribution in [0.5, 0.6) is 5.75 Å². The Kier molecular flexibility index (Phi) is 6.05. The molecule has 5 atom stereocenters. The number of para-hydroxylation sites is 2. The van der Waals surface area contributed by atoms with Crippen molar-refractivity contribution < 1.29 is 25.2 Å². The monoisotopic (exact) mass is 377 g/mol. The van der Waals surface area contributed by atoms with Crippen LogP contribution in [0.1, 0.15) is 5.56 Å². The smallest absolute Gasteiger partial charge is 0.173 e. The lowest BCUT2D eigenvalue weighted by molar-refractivity contribution is -0.0908. The Labute approximate surface area is 156 Å². The number of benzene rings is 2. The molecule has 0 aromatic heterocycles. The number of thioether (sulfide) groups is 1. The van der Waals surface area contributed by atoms with Crippen LogP contribution in [-0.2, 0) is 0 Å². The van der Waals surface area contributed by atoms with E-state index in [1.165, 1.54) is 0 Å². The highest BCUT2D eigenvalue weighted by molar-refractivity contribution is 8.00. The van der Waals surface area contributed by atoms with Crippen molar-refractivity contribution in [3.05, 3.63) is 54.1 Å². The summed E-state index contributed by atoms with van der Waals surface area (Å²) in [6.45, 7) is 1.69. The van der Waals surface area contributed by atoms with E-state index in [4.69, 9.17) is 4.74 Å². The van der Waals surface area contributed by atoms with E-state index in [1.54, 1.807) is 6.07 Å². The average molecular weight is 377 g/mol. The van der Waals surface area contributed by atoms with Crippen LogP contribution in [0.4, 0.5) is 11.4 Å². The van der Waals surface area contributed by atoms with E-state index >= 15 is 0 Å². The SMILES string of the molecule is Cc1ccc(Nc2ccccc2O[C@H]2S[C@@H](CO)[C@@H](O)[C@H](O)[C@H]2O)cc1. The van der Waals surface area contributed by atoms with E-state index in [9.17, 15) is 20.4 Å². The van der Waals surface area contributed by atoms with Gasteiger partial charge in [-0.05, 0) is 31.2 Å². The molecule has 6 nitrogen and oxygen atoms in total. The van der Waals surface area contributed by atoms with Gasteiger partial charge in [0, 0.05) is 5.69 Å². The Bertz CT molecular complexity index is 724. The van der Waals surface area contributed by atoms with Crippen LogP contribution in [-0.4, -0.2) is 56.0 Å². The summed E-state index contributed by atoms with van der Waals surface area (Å²) in [6, 6.07) is 15.2. The molecule has 0 amide bonds. The highest BCUT2D eigenvalue weighted by atomic mass is 32.2. The van der Waals surface area contributed by atoms with Gasteiger partial charge in [-0.25, -0.2) is 0 Å². The Balaban J connectivity index is 1.78. The second kappa shape index (κ2) is 8.28. The quantitative estimate of drug-likeness (QED) is 0.540. The van der Waals surface area contributed by atoms with Crippen molar-refractivity contribution in [3.8, 4) is 5.75 Å². The molecule has 140 valence electrons. The molecule has 5 N–H and O–H groups in total. The minimum absolute atomic E-state index is 0.321. The van der Waals surface area contributed by atoms with Gasteiger partial charge in [0.1, 0.15) is 18.0 Å². The summed E-state index contributed by atoms with van der Waals surface area (Å²) in [5.74, 6) is 0.505. The number of rotatable bonds is 5. The molecule has 2 aromatic carbocycles. The molecule has 1 aliphatic heterocycles. The predicted octanol–water partition coefficient (Wildman–Crippen LogP) is 1.63. The fraction of sp³-hybridized carbons (Fsp3) is 0.368. The third-order valence-electron chi connectivity index (χ3n) is 4.31. The van der Waals surface area contributed by atoms with Crippen molar-refractivity contribution in [2.24, 2.45) is 0 Å². The molecule has 1 fully saturated rings. The molecule has 1 aliphatic rings. The van der Waals surface area contributed by atoms with E-state index in [1.807, 2.05) is 49.4 Å². The van der Waals surface area contributed by atoms with Crippen molar-refractivity contribution >= 4 is 23.1 Å². The van der Waals surface area contributed by atoms with Gasteiger partial charge in [0.05, 0.1) is 23.6 Å². The molecule has 1 saturated heterocycles. The van der Waals surface area contributed by atoms with Gasteiger partial charge in [0.25, 0.3) is 0 Å². The molecule has 0 radical (unpaired) electrons. The molecular formula is C19H23NO5S. The largest absolute Gasteiger partial charge is 0.475 e. The van der Waals surface area contributed by atoms with Crippen molar-refractivity contribution in [2.75, 3.05) is 11.9 Å². The van der Waals surface area contributed by atoms with E-state index in [0.717, 1.165) is 23.0 Å². The minimum atomic E-state index is -1.38. The Morgan fingerprint density at radius 3 is 2.35 bits per heavy atom. The number of hydrogen-bond acceptors (Lipinski definition) is 7. The maximum Gasteiger partial charge on any atom is 0.173 e. The fourth-order valence-corrected chi connectivity index (χ4v) is 3.99. The molecule has 0 bridgehead atoms. The van der Waals surface area contributed by atoms with E-state index in [-0.39, 0.29) is 6.61 Å². The molecule has 26 heavy (non-hydrogen) atoms. The number of anilines is 2. The second-order valence-corrected chi connectivity index (χ2v) is 7.64. The summed E-state index contributed by atoms with van der Waals surface area (Å²) < 4.78 is 5.91. The molecule has 2 aromatic rings. The van der Waals surface area contributed by atoms with E-state index < -0.39 is 29.0 Å². The second-order valence-electron chi connectivity index (χ2n) is 6.30.